The number of hydrogen-bond acceptors (Lipinski definition) is 3. The van der Waals surface area contributed by atoms with Gasteiger partial charge in [-0.25, -0.2) is 4.68 Å². The number of carbonyl (C=O) groups is 1. The fourth-order valence-electron chi connectivity index (χ4n) is 3.48. The van der Waals surface area contributed by atoms with Crippen LogP contribution in [-0.2, 0) is 5.41 Å². The molecule has 1 N–H and O–H groups in total. The number of nitrogens with zero attached hydrogens (tertiary/aromatic N) is 3. The molecule has 1 aliphatic heterocycles. The molecule has 140 valence electrons. The van der Waals surface area contributed by atoms with Crippen molar-refractivity contribution in [1.29, 1.82) is 0 Å². The lowest BCUT2D eigenvalue weighted by atomic mass is 9.89. The summed E-state index contributed by atoms with van der Waals surface area (Å²) in [5.74, 6) is 0.0910. The second-order valence-corrected chi connectivity index (χ2v) is 8.30. The van der Waals surface area contributed by atoms with E-state index in [0.717, 1.165) is 42.9 Å². The van der Waals surface area contributed by atoms with Gasteiger partial charge in [-0.2, -0.15) is 5.10 Å². The topological polar surface area (TPSA) is 50.2 Å². The van der Waals surface area contributed by atoms with Crippen molar-refractivity contribution in [2.24, 2.45) is 0 Å². The van der Waals surface area contributed by atoms with E-state index < -0.39 is 0 Å². The Kier molecular flexibility index (Phi) is 5.19. The normalized spacial score (nSPS) is 18.2. The van der Waals surface area contributed by atoms with Crippen LogP contribution in [0.1, 0.15) is 55.2 Å². The summed E-state index contributed by atoms with van der Waals surface area (Å²) in [5.41, 5.74) is 3.56. The van der Waals surface area contributed by atoms with E-state index >= 15 is 0 Å². The molecule has 1 aliphatic rings. The number of benzene rings is 1. The zero-order valence-corrected chi connectivity index (χ0v) is 16.5. The zero-order chi connectivity index (χ0) is 18.9. The van der Waals surface area contributed by atoms with E-state index in [0.29, 0.717) is 6.04 Å². The number of aryl methyl sites for hydroxylation is 1. The number of nitrogens with one attached hydrogen (secondary N) is 1. The number of hydrogen-bond donors (Lipinski definition) is 1. The van der Waals surface area contributed by atoms with Crippen molar-refractivity contribution in [2.75, 3.05) is 20.1 Å². The fraction of sp³-hybridized carbons (Fsp3) is 0.524. The van der Waals surface area contributed by atoms with E-state index in [4.69, 9.17) is 5.10 Å². The molecule has 0 radical (unpaired) electrons. The Labute approximate surface area is 156 Å². The van der Waals surface area contributed by atoms with Gasteiger partial charge in [-0.15, -0.1) is 0 Å². The van der Waals surface area contributed by atoms with Gasteiger partial charge >= 0.3 is 0 Å². The molecule has 0 bridgehead atoms. The number of likely N-dealkylation sites (N-methyl/N-ethyl adjacent to an activating group) is 1. The molecule has 2 aromatic rings. The summed E-state index contributed by atoms with van der Waals surface area (Å²) in [6.45, 7) is 9.97. The minimum absolute atomic E-state index is 0.0910. The number of aromatic nitrogens is 2. The summed E-state index contributed by atoms with van der Waals surface area (Å²) in [5, 5.41) is 8.10. The van der Waals surface area contributed by atoms with Crippen molar-refractivity contribution in [3.05, 3.63) is 47.3 Å². The standard InChI is InChI=1S/C21H30N4O/c1-15-8-10-17(11-9-15)25-14-18(19(23-25)21(2,3)4)20(26)24-12-6-7-16(13-24)22-5/h8-11,14,16,22H,6-7,12-13H2,1-5H3. The van der Waals surface area contributed by atoms with E-state index in [9.17, 15) is 4.79 Å². The van der Waals surface area contributed by atoms with Gasteiger partial charge in [0.05, 0.1) is 16.9 Å². The van der Waals surface area contributed by atoms with Crippen LogP contribution in [0, 0.1) is 6.92 Å². The van der Waals surface area contributed by atoms with Crippen LogP contribution in [0.25, 0.3) is 5.69 Å². The first-order valence-electron chi connectivity index (χ1n) is 9.43. The lowest BCUT2D eigenvalue weighted by Crippen LogP contribution is -2.47. The number of piperidine rings is 1. The van der Waals surface area contributed by atoms with E-state index in [1.807, 2.05) is 35.0 Å². The third kappa shape index (κ3) is 3.83. The molecule has 1 fully saturated rings. The first kappa shape index (κ1) is 18.6. The summed E-state index contributed by atoms with van der Waals surface area (Å²) in [6, 6.07) is 8.59. The average Bonchev–Trinajstić information content (AvgIpc) is 3.07. The molecule has 0 aliphatic carbocycles. The first-order chi connectivity index (χ1) is 12.3. The lowest BCUT2D eigenvalue weighted by Gasteiger charge is -2.33. The van der Waals surface area contributed by atoms with E-state index in [2.05, 4.69) is 45.1 Å². The molecule has 0 saturated carbocycles. The maximum absolute atomic E-state index is 13.3. The van der Waals surface area contributed by atoms with Gasteiger partial charge in [0.2, 0.25) is 0 Å². The summed E-state index contributed by atoms with van der Waals surface area (Å²) in [7, 11) is 1.97. The minimum Gasteiger partial charge on any atom is -0.337 e. The Morgan fingerprint density at radius 3 is 2.54 bits per heavy atom. The Morgan fingerprint density at radius 2 is 1.92 bits per heavy atom. The predicted molar refractivity (Wildman–Crippen MR) is 105 cm³/mol. The van der Waals surface area contributed by atoms with Gasteiger partial charge in [-0.3, -0.25) is 4.79 Å². The van der Waals surface area contributed by atoms with Gasteiger partial charge in [0.15, 0.2) is 0 Å². The lowest BCUT2D eigenvalue weighted by molar-refractivity contribution is 0.0695. The smallest absolute Gasteiger partial charge is 0.257 e. The average molecular weight is 354 g/mol. The highest BCUT2D eigenvalue weighted by Crippen LogP contribution is 2.27. The third-order valence-electron chi connectivity index (χ3n) is 5.07. The van der Waals surface area contributed by atoms with Crippen LogP contribution in [0.5, 0.6) is 0 Å². The Morgan fingerprint density at radius 1 is 1.23 bits per heavy atom. The van der Waals surface area contributed by atoms with Crippen molar-refractivity contribution in [3.8, 4) is 5.69 Å². The van der Waals surface area contributed by atoms with Gasteiger partial charge in [0.25, 0.3) is 5.91 Å². The molecular weight excluding hydrogens is 324 g/mol. The van der Waals surface area contributed by atoms with Crippen LogP contribution in [-0.4, -0.2) is 46.8 Å². The van der Waals surface area contributed by atoms with Crippen LogP contribution in [0.2, 0.25) is 0 Å². The molecule has 0 spiro atoms. The molecule has 3 rings (SSSR count). The monoisotopic (exact) mass is 354 g/mol. The molecular formula is C21H30N4O. The van der Waals surface area contributed by atoms with Crippen LogP contribution >= 0.6 is 0 Å². The van der Waals surface area contributed by atoms with Gasteiger partial charge in [0, 0.05) is 30.7 Å². The molecule has 1 amide bonds. The van der Waals surface area contributed by atoms with Crippen LogP contribution in [0.3, 0.4) is 0 Å². The maximum atomic E-state index is 13.3. The van der Waals surface area contributed by atoms with Crippen LogP contribution in [0.4, 0.5) is 0 Å². The zero-order valence-electron chi connectivity index (χ0n) is 16.5. The summed E-state index contributed by atoms with van der Waals surface area (Å²) >= 11 is 0. The quantitative estimate of drug-likeness (QED) is 0.920. The number of rotatable bonds is 3. The highest BCUT2D eigenvalue weighted by molar-refractivity contribution is 5.95. The van der Waals surface area contributed by atoms with Gasteiger partial charge < -0.3 is 10.2 Å². The minimum atomic E-state index is -0.195. The number of likely N-dealkylation sites (tertiary alicyclic amines) is 1. The van der Waals surface area contributed by atoms with Crippen molar-refractivity contribution in [1.82, 2.24) is 20.0 Å². The Bertz CT molecular complexity index is 770. The second kappa shape index (κ2) is 7.23. The molecule has 1 atom stereocenters. The predicted octanol–water partition coefficient (Wildman–Crippen LogP) is 3.30. The largest absolute Gasteiger partial charge is 0.337 e. The van der Waals surface area contributed by atoms with Gasteiger partial charge in [0.1, 0.15) is 0 Å². The highest BCUT2D eigenvalue weighted by Gasteiger charge is 2.31. The fourth-order valence-corrected chi connectivity index (χ4v) is 3.48. The van der Waals surface area contributed by atoms with Crippen molar-refractivity contribution >= 4 is 5.91 Å². The molecule has 5 heteroatoms. The van der Waals surface area contributed by atoms with E-state index in [1.165, 1.54) is 5.56 Å². The molecule has 2 heterocycles. The van der Waals surface area contributed by atoms with Crippen molar-refractivity contribution in [3.63, 3.8) is 0 Å². The highest BCUT2D eigenvalue weighted by atomic mass is 16.2. The summed E-state index contributed by atoms with van der Waals surface area (Å²) in [6.07, 6.45) is 4.06. The van der Waals surface area contributed by atoms with Gasteiger partial charge in [-0.05, 0) is 38.9 Å². The van der Waals surface area contributed by atoms with E-state index in [1.54, 1.807) is 0 Å². The Balaban J connectivity index is 1.97. The first-order valence-corrected chi connectivity index (χ1v) is 9.43. The van der Waals surface area contributed by atoms with E-state index in [-0.39, 0.29) is 11.3 Å². The van der Waals surface area contributed by atoms with Crippen molar-refractivity contribution < 1.29 is 4.79 Å². The third-order valence-corrected chi connectivity index (χ3v) is 5.07. The Hall–Kier alpha value is -2.14. The molecule has 26 heavy (non-hydrogen) atoms. The van der Waals surface area contributed by atoms with Crippen LogP contribution in [0.15, 0.2) is 30.5 Å². The van der Waals surface area contributed by atoms with Crippen molar-refractivity contribution in [2.45, 2.75) is 52.0 Å². The number of amides is 1. The molecule has 1 unspecified atom stereocenters. The maximum Gasteiger partial charge on any atom is 0.257 e. The van der Waals surface area contributed by atoms with Crippen LogP contribution < -0.4 is 5.32 Å². The molecule has 5 nitrogen and oxygen atoms in total. The van der Waals surface area contributed by atoms with Gasteiger partial charge in [-0.1, -0.05) is 38.5 Å². The number of carbonyl (C=O) groups excluding carboxylic acids is 1. The molecule has 1 aromatic heterocycles. The summed E-state index contributed by atoms with van der Waals surface area (Å²) < 4.78 is 1.84. The SMILES string of the molecule is CNC1CCCN(C(=O)c2cn(-c3ccc(C)cc3)nc2C(C)(C)C)C1. The molecule has 1 saturated heterocycles. The molecule has 1 aromatic carbocycles. The second-order valence-electron chi connectivity index (χ2n) is 8.30. The summed E-state index contributed by atoms with van der Waals surface area (Å²) in [4.78, 5) is 15.2.